The van der Waals surface area contributed by atoms with Crippen molar-refractivity contribution in [3.05, 3.63) is 66.7 Å². The van der Waals surface area contributed by atoms with E-state index in [4.69, 9.17) is 0 Å². The van der Waals surface area contributed by atoms with Gasteiger partial charge in [-0.25, -0.2) is 12.2 Å². The van der Waals surface area contributed by atoms with Crippen LogP contribution in [0.2, 0.25) is 0 Å². The molecule has 2 rings (SSSR count). The summed E-state index contributed by atoms with van der Waals surface area (Å²) in [4.78, 5) is 2.04. The van der Waals surface area contributed by atoms with Crippen molar-refractivity contribution in [1.82, 2.24) is 4.90 Å². The topological polar surface area (TPSA) is 3.24 Å². The van der Waals surface area contributed by atoms with Crippen LogP contribution in [0.4, 0.5) is 0 Å². The van der Waals surface area contributed by atoms with E-state index in [1.807, 2.05) is 49.3 Å². The van der Waals surface area contributed by atoms with E-state index in [1.54, 1.807) is 0 Å². The molecule has 0 spiro atoms. The number of benzene rings is 1. The quantitative estimate of drug-likeness (QED) is 0.444. The first-order valence-electron chi connectivity index (χ1n) is 5.07. The standard InChI is InChI=1S/C9H12N.C5H5.3ClH.Hf/c1-10(2)8-9-6-4-3-5-7-9;1-2-4-5-3-1;;;;/h3-8H,1-2H3;1-3H,4H2;3*1H;/q2*-1;;;;. The SMILES string of the molecule is CN(C)[CH-]c1ccccc1.Cl.Cl.Cl.[C-]1=CC=CC1.[Hf]. The van der Waals surface area contributed by atoms with Crippen molar-refractivity contribution in [3.63, 3.8) is 0 Å². The number of allylic oxidation sites excluding steroid dienone is 4. The zero-order chi connectivity index (χ0) is 10.9. The third-order valence-electron chi connectivity index (χ3n) is 1.79. The predicted molar refractivity (Wildman–Crippen MR) is 86.8 cm³/mol. The first-order chi connectivity index (χ1) is 7.29. The summed E-state index contributed by atoms with van der Waals surface area (Å²) in [5, 5.41) is 0. The Morgan fingerprint density at radius 2 is 1.63 bits per heavy atom. The summed E-state index contributed by atoms with van der Waals surface area (Å²) in [6, 6.07) is 10.3. The van der Waals surface area contributed by atoms with Crippen LogP contribution in [-0.2, 0) is 25.8 Å². The second-order valence-corrected chi connectivity index (χ2v) is 3.51. The van der Waals surface area contributed by atoms with Gasteiger partial charge in [0.2, 0.25) is 0 Å². The van der Waals surface area contributed by atoms with Gasteiger partial charge in [-0.05, 0) is 14.1 Å². The molecule has 1 nitrogen and oxygen atoms in total. The maximum atomic E-state index is 2.99. The van der Waals surface area contributed by atoms with Crippen molar-refractivity contribution in [2.24, 2.45) is 0 Å². The molecule has 5 heteroatoms. The van der Waals surface area contributed by atoms with Crippen molar-refractivity contribution >= 4 is 37.2 Å². The number of hydrogen-bond donors (Lipinski definition) is 0. The van der Waals surface area contributed by atoms with Gasteiger partial charge in [-0.2, -0.15) is 23.8 Å². The van der Waals surface area contributed by atoms with Crippen LogP contribution in [0.15, 0.2) is 48.6 Å². The smallest absolute Gasteiger partial charge is 0 e. The van der Waals surface area contributed by atoms with E-state index in [9.17, 15) is 0 Å². The molecular weight excluding hydrogens is 467 g/mol. The van der Waals surface area contributed by atoms with Gasteiger partial charge in [-0.3, -0.25) is 6.08 Å². The minimum atomic E-state index is 0. The van der Waals surface area contributed by atoms with Gasteiger partial charge in [0.25, 0.3) is 0 Å². The van der Waals surface area contributed by atoms with E-state index in [1.165, 1.54) is 5.56 Å². The zero-order valence-corrected chi connectivity index (χ0v) is 17.1. The second-order valence-electron chi connectivity index (χ2n) is 3.51. The van der Waals surface area contributed by atoms with Gasteiger partial charge < -0.3 is 4.90 Å². The summed E-state index contributed by atoms with van der Waals surface area (Å²) < 4.78 is 0. The fourth-order valence-electron chi connectivity index (χ4n) is 1.18. The van der Waals surface area contributed by atoms with Gasteiger partial charge in [0, 0.05) is 25.8 Å². The molecule has 108 valence electrons. The van der Waals surface area contributed by atoms with Crippen LogP contribution < -0.4 is 0 Å². The Balaban J connectivity index is -0.000000110. The Bertz CT molecular complexity index is 317. The largest absolute Gasteiger partial charge is 0.339 e. The minimum Gasteiger partial charge on any atom is -0.339 e. The molecule has 0 atom stereocenters. The summed E-state index contributed by atoms with van der Waals surface area (Å²) in [5.41, 5.74) is 1.24. The van der Waals surface area contributed by atoms with E-state index in [2.05, 4.69) is 30.8 Å². The first kappa shape index (κ1) is 27.6. The second kappa shape index (κ2) is 18.3. The maximum absolute atomic E-state index is 2.99. The fourth-order valence-corrected chi connectivity index (χ4v) is 1.18. The van der Waals surface area contributed by atoms with Crippen molar-refractivity contribution in [1.29, 1.82) is 0 Å². The van der Waals surface area contributed by atoms with E-state index < -0.39 is 0 Å². The van der Waals surface area contributed by atoms with Crippen molar-refractivity contribution < 1.29 is 25.8 Å². The molecule has 0 fully saturated rings. The van der Waals surface area contributed by atoms with Gasteiger partial charge in [0.1, 0.15) is 0 Å². The minimum absolute atomic E-state index is 0. The molecule has 0 heterocycles. The molecule has 0 saturated carbocycles. The molecule has 0 amide bonds. The normalized spacial score (nSPS) is 9.84. The molecule has 0 unspecified atom stereocenters. The Kier molecular flexibility index (Phi) is 26.5. The molecule has 19 heavy (non-hydrogen) atoms. The predicted octanol–water partition coefficient (Wildman–Crippen LogP) is 4.33. The van der Waals surface area contributed by atoms with Gasteiger partial charge in [0.15, 0.2) is 0 Å². The molecular formula is C14H20Cl3HfN-2. The summed E-state index contributed by atoms with van der Waals surface area (Å²) >= 11 is 0. The average Bonchev–Trinajstić information content (AvgIpc) is 2.76. The van der Waals surface area contributed by atoms with E-state index >= 15 is 0 Å². The van der Waals surface area contributed by atoms with Gasteiger partial charge >= 0.3 is 0 Å². The van der Waals surface area contributed by atoms with Crippen LogP contribution in [0.3, 0.4) is 0 Å². The van der Waals surface area contributed by atoms with Gasteiger partial charge in [-0.1, -0.05) is 6.07 Å². The number of rotatable bonds is 2. The van der Waals surface area contributed by atoms with Crippen LogP contribution in [0, 0.1) is 12.6 Å². The Morgan fingerprint density at radius 3 is 1.95 bits per heavy atom. The van der Waals surface area contributed by atoms with Crippen molar-refractivity contribution in [2.75, 3.05) is 14.1 Å². The molecule has 0 radical (unpaired) electrons. The van der Waals surface area contributed by atoms with E-state index in [0.717, 1.165) is 6.42 Å². The van der Waals surface area contributed by atoms with Crippen LogP contribution in [0.1, 0.15) is 12.0 Å². The Labute approximate surface area is 154 Å². The maximum Gasteiger partial charge on any atom is 0 e. The van der Waals surface area contributed by atoms with Crippen molar-refractivity contribution in [2.45, 2.75) is 6.42 Å². The Hall–Kier alpha value is 0.270. The van der Waals surface area contributed by atoms with Crippen LogP contribution in [-0.4, -0.2) is 19.0 Å². The summed E-state index contributed by atoms with van der Waals surface area (Å²) in [7, 11) is 4.04. The molecule has 1 aromatic carbocycles. The van der Waals surface area contributed by atoms with Crippen LogP contribution in [0.5, 0.6) is 0 Å². The van der Waals surface area contributed by atoms with Gasteiger partial charge in [0.05, 0.1) is 0 Å². The molecule has 0 bridgehead atoms. The third kappa shape index (κ3) is 16.2. The number of halogens is 3. The molecule has 0 aromatic heterocycles. The molecule has 1 aromatic rings. The van der Waals surface area contributed by atoms with E-state index in [0.29, 0.717) is 0 Å². The average molecular weight is 487 g/mol. The summed E-state index contributed by atoms with van der Waals surface area (Å²) in [6.45, 7) is 2.08. The molecule has 1 aliphatic carbocycles. The third-order valence-corrected chi connectivity index (χ3v) is 1.79. The number of nitrogens with zero attached hydrogens (tertiary/aromatic N) is 1. The van der Waals surface area contributed by atoms with Crippen molar-refractivity contribution in [3.8, 4) is 0 Å². The molecule has 0 N–H and O–H groups in total. The summed E-state index contributed by atoms with van der Waals surface area (Å²) in [6.07, 6.45) is 10.0. The monoisotopic (exact) mass is 487 g/mol. The molecule has 1 aliphatic rings. The fraction of sp³-hybridized carbons (Fsp3) is 0.214. The van der Waals surface area contributed by atoms with E-state index in [-0.39, 0.29) is 63.1 Å². The number of hydrogen-bond acceptors (Lipinski definition) is 1. The molecule has 0 aliphatic heterocycles. The molecule has 0 saturated heterocycles. The summed E-state index contributed by atoms with van der Waals surface area (Å²) in [5.74, 6) is 0. The zero-order valence-electron chi connectivity index (χ0n) is 11.1. The first-order valence-corrected chi connectivity index (χ1v) is 5.07. The van der Waals surface area contributed by atoms with Gasteiger partial charge in [-0.15, -0.1) is 62.3 Å². The van der Waals surface area contributed by atoms with Crippen LogP contribution in [0.25, 0.3) is 0 Å². The Morgan fingerprint density at radius 1 is 1.05 bits per heavy atom. The van der Waals surface area contributed by atoms with Crippen LogP contribution >= 0.6 is 37.2 Å².